The van der Waals surface area contributed by atoms with Crippen LogP contribution in [0.15, 0.2) is 85.0 Å². The Morgan fingerprint density at radius 1 is 0.720 bits per heavy atom. The van der Waals surface area contributed by atoms with Crippen molar-refractivity contribution in [3.05, 3.63) is 96.3 Å². The van der Waals surface area contributed by atoms with Gasteiger partial charge in [-0.05, 0) is 52.8 Å². The third-order valence-electron chi connectivity index (χ3n) is 4.09. The lowest BCUT2D eigenvalue weighted by Crippen LogP contribution is -1.91. The highest BCUT2D eigenvalue weighted by Gasteiger charge is 2.06. The van der Waals surface area contributed by atoms with Crippen LogP contribution < -0.4 is 0 Å². The van der Waals surface area contributed by atoms with Gasteiger partial charge in [0.05, 0.1) is 0 Å². The largest absolute Gasteiger partial charge is 0.266 e. The average molecular weight is 338 g/mol. The Morgan fingerprint density at radius 2 is 1.28 bits per heavy atom. The van der Waals surface area contributed by atoms with E-state index in [1.54, 1.807) is 6.07 Å². The van der Waals surface area contributed by atoms with Crippen molar-refractivity contribution in [2.24, 2.45) is 0 Å². The molecule has 3 rings (SSSR count). The Hall–Kier alpha value is -2.81. The molecule has 25 heavy (non-hydrogen) atoms. The first kappa shape index (κ1) is 17.0. The fraction of sp³-hybridized carbons (Fsp3) is 0.0909. The summed E-state index contributed by atoms with van der Waals surface area (Å²) in [5, 5.41) is 0. The van der Waals surface area contributed by atoms with Crippen LogP contribution in [0.2, 0.25) is 0 Å². The number of hydrogen-bond donors (Lipinski definition) is 0. The second-order valence-electron chi connectivity index (χ2n) is 5.78. The van der Waals surface area contributed by atoms with Gasteiger partial charge in [0.25, 0.3) is 6.08 Å². The van der Waals surface area contributed by atoms with E-state index < -0.39 is 6.08 Å². The van der Waals surface area contributed by atoms with Crippen molar-refractivity contribution in [1.29, 1.82) is 0 Å². The maximum Gasteiger partial charge on any atom is 0.266 e. The van der Waals surface area contributed by atoms with Crippen molar-refractivity contribution in [1.82, 2.24) is 0 Å². The smallest absolute Gasteiger partial charge is 0.207 e. The zero-order chi connectivity index (χ0) is 17.6. The van der Waals surface area contributed by atoms with Crippen molar-refractivity contribution < 1.29 is 13.2 Å². The summed E-state index contributed by atoms with van der Waals surface area (Å²) in [4.78, 5) is 0. The molecule has 3 aromatic carbocycles. The molecule has 0 bridgehead atoms. The summed E-state index contributed by atoms with van der Waals surface area (Å²) < 4.78 is 38.3. The molecule has 3 heteroatoms. The molecule has 0 nitrogen and oxygen atoms in total. The SMILES string of the molecule is FC(F)=CCCc1ccc(-c2ccc(-c3ccccc3)cc2)cc1F. The number of hydrogen-bond acceptors (Lipinski definition) is 0. The first-order valence-corrected chi connectivity index (χ1v) is 8.09. The minimum atomic E-state index is -1.73. The maximum atomic E-state index is 14.2. The summed E-state index contributed by atoms with van der Waals surface area (Å²) in [6, 6.07) is 22.9. The van der Waals surface area contributed by atoms with Gasteiger partial charge < -0.3 is 0 Å². The standard InChI is InChI=1S/C22H17F3/c23-21-15-20(14-13-19(21)7-4-8-22(24)25)18-11-9-17(10-12-18)16-5-2-1-3-6-16/h1-3,5-6,8-15H,4,7H2. The summed E-state index contributed by atoms with van der Waals surface area (Å²) in [7, 11) is 0. The van der Waals surface area contributed by atoms with Gasteiger partial charge in [-0.1, -0.05) is 66.7 Å². The molecule has 0 heterocycles. The van der Waals surface area contributed by atoms with Crippen molar-refractivity contribution in [3.8, 4) is 22.3 Å². The molecule has 0 radical (unpaired) electrons. The number of allylic oxidation sites excluding steroid dienone is 1. The second kappa shape index (κ2) is 7.84. The molecule has 0 aliphatic rings. The molecule has 0 N–H and O–H groups in total. The van der Waals surface area contributed by atoms with Gasteiger partial charge in [-0.2, -0.15) is 8.78 Å². The molecule has 0 unspecified atom stereocenters. The first-order chi connectivity index (χ1) is 12.1. The van der Waals surface area contributed by atoms with Crippen LogP contribution in [0, 0.1) is 5.82 Å². The van der Waals surface area contributed by atoms with Crippen LogP contribution >= 0.6 is 0 Å². The molecule has 0 saturated carbocycles. The molecule has 0 aliphatic heterocycles. The zero-order valence-electron chi connectivity index (χ0n) is 13.6. The van der Waals surface area contributed by atoms with Gasteiger partial charge in [0, 0.05) is 0 Å². The van der Waals surface area contributed by atoms with Crippen LogP contribution in [0.5, 0.6) is 0 Å². The lowest BCUT2D eigenvalue weighted by Gasteiger charge is -2.07. The number of rotatable bonds is 5. The highest BCUT2D eigenvalue weighted by Crippen LogP contribution is 2.26. The summed E-state index contributed by atoms with van der Waals surface area (Å²) in [6.07, 6.45) is -0.522. The molecule has 0 fully saturated rings. The number of benzene rings is 3. The van der Waals surface area contributed by atoms with Gasteiger partial charge in [0.1, 0.15) is 5.82 Å². The third kappa shape index (κ3) is 4.38. The minimum Gasteiger partial charge on any atom is -0.207 e. The Balaban J connectivity index is 1.78. The molecular weight excluding hydrogens is 321 g/mol. The van der Waals surface area contributed by atoms with Crippen LogP contribution in [-0.4, -0.2) is 0 Å². The molecule has 126 valence electrons. The zero-order valence-corrected chi connectivity index (χ0v) is 13.6. The highest BCUT2D eigenvalue weighted by molar-refractivity contribution is 5.70. The molecule has 0 aromatic heterocycles. The van der Waals surface area contributed by atoms with Crippen LogP contribution in [0.4, 0.5) is 13.2 Å². The van der Waals surface area contributed by atoms with Crippen LogP contribution in [-0.2, 0) is 6.42 Å². The Morgan fingerprint density at radius 3 is 1.88 bits per heavy atom. The molecular formula is C22H17F3. The average Bonchev–Trinajstić information content (AvgIpc) is 2.64. The predicted molar refractivity (Wildman–Crippen MR) is 95.9 cm³/mol. The van der Waals surface area contributed by atoms with Crippen LogP contribution in [0.25, 0.3) is 22.3 Å². The van der Waals surface area contributed by atoms with Crippen molar-refractivity contribution in [3.63, 3.8) is 0 Å². The number of aryl methyl sites for hydroxylation is 1. The van der Waals surface area contributed by atoms with Crippen LogP contribution in [0.1, 0.15) is 12.0 Å². The van der Waals surface area contributed by atoms with Crippen molar-refractivity contribution >= 4 is 0 Å². The summed E-state index contributed by atoms with van der Waals surface area (Å²) in [5.74, 6) is -0.364. The Labute approximate surface area is 145 Å². The predicted octanol–water partition coefficient (Wildman–Crippen LogP) is 6.87. The van der Waals surface area contributed by atoms with Gasteiger partial charge >= 0.3 is 0 Å². The lowest BCUT2D eigenvalue weighted by molar-refractivity contribution is 0.417. The van der Waals surface area contributed by atoms with E-state index in [0.29, 0.717) is 5.56 Å². The highest BCUT2D eigenvalue weighted by atomic mass is 19.3. The Kier molecular flexibility index (Phi) is 5.34. The van der Waals surface area contributed by atoms with E-state index in [2.05, 4.69) is 0 Å². The summed E-state index contributed by atoms with van der Waals surface area (Å²) in [6.45, 7) is 0. The monoisotopic (exact) mass is 338 g/mol. The fourth-order valence-corrected chi connectivity index (χ4v) is 2.75. The first-order valence-electron chi connectivity index (χ1n) is 8.09. The maximum absolute atomic E-state index is 14.2. The van der Waals surface area contributed by atoms with Gasteiger partial charge in [-0.3, -0.25) is 0 Å². The van der Waals surface area contributed by atoms with E-state index in [0.717, 1.165) is 28.3 Å². The van der Waals surface area contributed by atoms with E-state index >= 15 is 0 Å². The van der Waals surface area contributed by atoms with Crippen molar-refractivity contribution in [2.45, 2.75) is 12.8 Å². The molecule has 0 amide bonds. The molecule has 0 spiro atoms. The van der Waals surface area contributed by atoms with E-state index in [1.165, 1.54) is 6.07 Å². The third-order valence-corrected chi connectivity index (χ3v) is 4.09. The van der Waals surface area contributed by atoms with E-state index in [4.69, 9.17) is 0 Å². The van der Waals surface area contributed by atoms with E-state index in [1.807, 2.05) is 60.7 Å². The Bertz CT molecular complexity index is 862. The topological polar surface area (TPSA) is 0 Å². The quantitative estimate of drug-likeness (QED) is 0.476. The second-order valence-corrected chi connectivity index (χ2v) is 5.78. The van der Waals surface area contributed by atoms with Crippen LogP contribution in [0.3, 0.4) is 0 Å². The van der Waals surface area contributed by atoms with Gasteiger partial charge in [0.15, 0.2) is 0 Å². The molecule has 0 atom stereocenters. The van der Waals surface area contributed by atoms with Gasteiger partial charge in [-0.25, -0.2) is 4.39 Å². The minimum absolute atomic E-state index is 0.129. The fourth-order valence-electron chi connectivity index (χ4n) is 2.75. The molecule has 0 saturated heterocycles. The molecule has 0 aliphatic carbocycles. The van der Waals surface area contributed by atoms with Crippen molar-refractivity contribution in [2.75, 3.05) is 0 Å². The van der Waals surface area contributed by atoms with E-state index in [-0.39, 0.29) is 18.7 Å². The normalized spacial score (nSPS) is 10.5. The molecule has 3 aromatic rings. The number of halogens is 3. The summed E-state index contributed by atoms with van der Waals surface area (Å²) in [5.41, 5.74) is 4.36. The lowest BCUT2D eigenvalue weighted by atomic mass is 9.98. The van der Waals surface area contributed by atoms with Gasteiger partial charge in [0.2, 0.25) is 0 Å². The summed E-state index contributed by atoms with van der Waals surface area (Å²) >= 11 is 0. The van der Waals surface area contributed by atoms with E-state index in [9.17, 15) is 13.2 Å². The van der Waals surface area contributed by atoms with Gasteiger partial charge in [-0.15, -0.1) is 0 Å².